The summed E-state index contributed by atoms with van der Waals surface area (Å²) in [6, 6.07) is 9.47. The van der Waals surface area contributed by atoms with Crippen LogP contribution in [0.1, 0.15) is 10.4 Å². The quantitative estimate of drug-likeness (QED) is 0.557. The van der Waals surface area contributed by atoms with E-state index >= 15 is 0 Å². The number of benzene rings is 1. The van der Waals surface area contributed by atoms with Gasteiger partial charge >= 0.3 is 0 Å². The van der Waals surface area contributed by atoms with Crippen LogP contribution >= 0.6 is 11.6 Å². The van der Waals surface area contributed by atoms with Gasteiger partial charge in [0.15, 0.2) is 5.78 Å². The van der Waals surface area contributed by atoms with Gasteiger partial charge in [0.25, 0.3) is 0 Å². The number of Topliss-reactive ketones (excluding diaryl/α,β-unsaturated/α-hetero) is 1. The number of rotatable bonds is 2. The molecule has 2 rings (SSSR count). The van der Waals surface area contributed by atoms with E-state index in [4.69, 9.17) is 11.6 Å². The highest BCUT2D eigenvalue weighted by Crippen LogP contribution is 2.13. The van der Waals surface area contributed by atoms with Gasteiger partial charge in [-0.3, -0.25) is 9.78 Å². The van der Waals surface area contributed by atoms with Crippen LogP contribution in [-0.2, 0) is 0 Å². The molecule has 0 atom stereocenters. The van der Waals surface area contributed by atoms with Crippen molar-refractivity contribution in [2.75, 3.05) is 5.88 Å². The number of fused-ring (bicyclic) bond motifs is 1. The Morgan fingerprint density at radius 3 is 2.93 bits per heavy atom. The highest BCUT2D eigenvalue weighted by Gasteiger charge is 2.04. The van der Waals surface area contributed by atoms with E-state index in [2.05, 4.69) is 4.98 Å². The molecule has 70 valence electrons. The van der Waals surface area contributed by atoms with Gasteiger partial charge in [-0.25, -0.2) is 0 Å². The fraction of sp³-hybridized carbons (Fsp3) is 0.0909. The summed E-state index contributed by atoms with van der Waals surface area (Å²) in [4.78, 5) is 15.5. The lowest BCUT2D eigenvalue weighted by molar-refractivity contribution is 0.102. The van der Waals surface area contributed by atoms with Crippen LogP contribution in [0.5, 0.6) is 0 Å². The molecule has 0 bridgehead atoms. The molecule has 2 aromatic rings. The van der Waals surface area contributed by atoms with Crippen LogP contribution in [0.25, 0.3) is 10.9 Å². The van der Waals surface area contributed by atoms with Crippen LogP contribution in [0.15, 0.2) is 36.5 Å². The van der Waals surface area contributed by atoms with Gasteiger partial charge in [0, 0.05) is 17.1 Å². The van der Waals surface area contributed by atoms with E-state index in [-0.39, 0.29) is 11.7 Å². The van der Waals surface area contributed by atoms with Crippen molar-refractivity contribution in [3.05, 3.63) is 42.1 Å². The third-order valence-corrected chi connectivity index (χ3v) is 2.28. The van der Waals surface area contributed by atoms with Crippen molar-refractivity contribution < 1.29 is 4.79 Å². The molecule has 1 heterocycles. The lowest BCUT2D eigenvalue weighted by Gasteiger charge is -1.99. The average molecular weight is 206 g/mol. The fourth-order valence-corrected chi connectivity index (χ4v) is 1.45. The molecule has 0 N–H and O–H groups in total. The molecule has 0 saturated carbocycles. The number of carbonyl (C=O) groups is 1. The van der Waals surface area contributed by atoms with Crippen LogP contribution in [0.4, 0.5) is 0 Å². The van der Waals surface area contributed by atoms with E-state index in [1.165, 1.54) is 0 Å². The van der Waals surface area contributed by atoms with Crippen LogP contribution in [-0.4, -0.2) is 16.6 Å². The second-order valence-corrected chi connectivity index (χ2v) is 3.24. The monoisotopic (exact) mass is 205 g/mol. The van der Waals surface area contributed by atoms with E-state index in [1.54, 1.807) is 6.20 Å². The van der Waals surface area contributed by atoms with Gasteiger partial charge in [-0.1, -0.05) is 18.2 Å². The van der Waals surface area contributed by atoms with Gasteiger partial charge in [0.05, 0.1) is 11.4 Å². The zero-order valence-corrected chi connectivity index (χ0v) is 8.16. The van der Waals surface area contributed by atoms with Crippen molar-refractivity contribution in [1.82, 2.24) is 4.98 Å². The smallest absolute Gasteiger partial charge is 0.179 e. The Hall–Kier alpha value is -1.41. The van der Waals surface area contributed by atoms with Gasteiger partial charge in [-0.2, -0.15) is 0 Å². The summed E-state index contributed by atoms with van der Waals surface area (Å²) in [6.07, 6.45) is 1.56. The van der Waals surface area contributed by atoms with Crippen molar-refractivity contribution in [1.29, 1.82) is 0 Å². The Bertz CT molecular complexity index is 481. The number of hydrogen-bond acceptors (Lipinski definition) is 2. The molecule has 0 amide bonds. The Morgan fingerprint density at radius 2 is 2.14 bits per heavy atom. The second-order valence-electron chi connectivity index (χ2n) is 2.97. The predicted octanol–water partition coefficient (Wildman–Crippen LogP) is 2.66. The molecule has 0 aliphatic heterocycles. The van der Waals surface area contributed by atoms with Crippen molar-refractivity contribution in [3.63, 3.8) is 0 Å². The molecule has 0 aliphatic carbocycles. The summed E-state index contributed by atoms with van der Waals surface area (Å²) in [7, 11) is 0. The molecule has 0 unspecified atom stereocenters. The van der Waals surface area contributed by atoms with Crippen LogP contribution in [0.2, 0.25) is 0 Å². The molecular formula is C11H8ClNO. The molecule has 0 spiro atoms. The fourth-order valence-electron chi connectivity index (χ4n) is 1.30. The summed E-state index contributed by atoms with van der Waals surface area (Å²) in [5, 5.41) is 0.962. The lowest BCUT2D eigenvalue weighted by atomic mass is 10.1. The number of carbonyl (C=O) groups excluding carboxylic acids is 1. The Balaban J connectivity index is 2.56. The van der Waals surface area contributed by atoms with Crippen LogP contribution in [0, 0.1) is 0 Å². The third-order valence-electron chi connectivity index (χ3n) is 2.03. The van der Waals surface area contributed by atoms with Gasteiger partial charge in [-0.15, -0.1) is 11.6 Å². The topological polar surface area (TPSA) is 30.0 Å². The summed E-state index contributed by atoms with van der Waals surface area (Å²) in [6.45, 7) is 0. The highest BCUT2D eigenvalue weighted by atomic mass is 35.5. The minimum Gasteiger partial charge on any atom is -0.293 e. The first-order valence-corrected chi connectivity index (χ1v) is 4.78. The number of para-hydroxylation sites is 1. The molecule has 3 heteroatoms. The number of hydrogen-bond donors (Lipinski definition) is 0. The van der Waals surface area contributed by atoms with Crippen molar-refractivity contribution >= 4 is 28.3 Å². The van der Waals surface area contributed by atoms with E-state index in [9.17, 15) is 4.79 Å². The van der Waals surface area contributed by atoms with Gasteiger partial charge in [-0.05, 0) is 12.1 Å². The molecule has 0 saturated heterocycles. The first-order chi connectivity index (χ1) is 6.81. The number of aromatic nitrogens is 1. The standard InChI is InChI=1S/C11H8ClNO/c12-6-11(14)9-5-8-3-1-2-4-10(8)13-7-9/h1-5,7H,6H2. The summed E-state index contributed by atoms with van der Waals surface area (Å²) in [5.41, 5.74) is 1.46. The first-order valence-electron chi connectivity index (χ1n) is 4.25. The molecule has 1 aromatic heterocycles. The SMILES string of the molecule is O=C(CCl)c1cnc2ccccc2c1. The lowest BCUT2D eigenvalue weighted by Crippen LogP contribution is -2.00. The predicted molar refractivity (Wildman–Crippen MR) is 56.8 cm³/mol. The summed E-state index contributed by atoms with van der Waals surface area (Å²) in [5.74, 6) is -0.0926. The van der Waals surface area contributed by atoms with Crippen LogP contribution < -0.4 is 0 Å². The van der Waals surface area contributed by atoms with E-state index in [0.29, 0.717) is 5.56 Å². The van der Waals surface area contributed by atoms with Crippen molar-refractivity contribution in [2.24, 2.45) is 0 Å². The van der Waals surface area contributed by atoms with Crippen molar-refractivity contribution in [2.45, 2.75) is 0 Å². The maximum Gasteiger partial charge on any atom is 0.179 e. The maximum atomic E-state index is 11.3. The van der Waals surface area contributed by atoms with E-state index < -0.39 is 0 Å². The second kappa shape index (κ2) is 3.76. The summed E-state index contributed by atoms with van der Waals surface area (Å²) < 4.78 is 0. The summed E-state index contributed by atoms with van der Waals surface area (Å²) >= 11 is 5.46. The van der Waals surface area contributed by atoms with E-state index in [0.717, 1.165) is 10.9 Å². The largest absolute Gasteiger partial charge is 0.293 e. The van der Waals surface area contributed by atoms with E-state index in [1.807, 2.05) is 30.3 Å². The zero-order valence-electron chi connectivity index (χ0n) is 7.40. The average Bonchev–Trinajstić information content (AvgIpc) is 2.27. The molecule has 14 heavy (non-hydrogen) atoms. The number of nitrogens with zero attached hydrogens (tertiary/aromatic N) is 1. The zero-order chi connectivity index (χ0) is 9.97. The Morgan fingerprint density at radius 1 is 1.36 bits per heavy atom. The Labute approximate surface area is 86.5 Å². The molecular weight excluding hydrogens is 198 g/mol. The normalized spacial score (nSPS) is 10.4. The maximum absolute atomic E-state index is 11.3. The van der Waals surface area contributed by atoms with Gasteiger partial charge in [0.1, 0.15) is 0 Å². The van der Waals surface area contributed by atoms with Gasteiger partial charge < -0.3 is 0 Å². The van der Waals surface area contributed by atoms with Crippen molar-refractivity contribution in [3.8, 4) is 0 Å². The highest BCUT2D eigenvalue weighted by molar-refractivity contribution is 6.30. The molecule has 0 radical (unpaired) electrons. The Kier molecular flexibility index (Phi) is 2.46. The molecule has 0 fully saturated rings. The number of halogens is 1. The number of alkyl halides is 1. The molecule has 0 aliphatic rings. The number of pyridine rings is 1. The molecule has 2 nitrogen and oxygen atoms in total. The molecule has 1 aromatic carbocycles. The van der Waals surface area contributed by atoms with Crippen LogP contribution in [0.3, 0.4) is 0 Å². The van der Waals surface area contributed by atoms with Gasteiger partial charge in [0.2, 0.25) is 0 Å². The number of ketones is 1. The minimum atomic E-state index is -0.0927. The minimum absolute atomic E-state index is 0.0000201. The third kappa shape index (κ3) is 1.61. The first kappa shape index (κ1) is 9.16.